The van der Waals surface area contributed by atoms with E-state index in [1.165, 1.54) is 7.05 Å². The first-order chi connectivity index (χ1) is 18.2. The summed E-state index contributed by atoms with van der Waals surface area (Å²) >= 11 is 0. The number of carbonyl (C=O) groups is 1. The lowest BCUT2D eigenvalue weighted by Gasteiger charge is -2.09. The maximum Gasteiger partial charge on any atom is 0.156 e. The summed E-state index contributed by atoms with van der Waals surface area (Å²) in [6, 6.07) is 15.5. The topological polar surface area (TPSA) is 122 Å². The monoisotopic (exact) mass is 518 g/mol. The van der Waals surface area contributed by atoms with Crippen LogP contribution in [-0.4, -0.2) is 38.8 Å². The molecule has 0 aliphatic rings. The maximum absolute atomic E-state index is 12.9. The molecule has 0 unspecified atom stereocenters. The number of phenolic OH excluding ortho intramolecular Hbond substituents is 1. The minimum Gasteiger partial charge on any atom is -0.507 e. The Bertz CT molecular complexity index is 1380. The predicted molar refractivity (Wildman–Crippen MR) is 151 cm³/mol. The summed E-state index contributed by atoms with van der Waals surface area (Å²) in [7, 11) is 1.41. The summed E-state index contributed by atoms with van der Waals surface area (Å²) in [5.41, 5.74) is 9.80. The van der Waals surface area contributed by atoms with Gasteiger partial charge < -0.3 is 15.9 Å². The fraction of sp³-hybridized carbons (Fsp3) is 0.267. The molecule has 38 heavy (non-hydrogen) atoms. The molecule has 200 valence electrons. The van der Waals surface area contributed by atoms with Crippen molar-refractivity contribution in [2.75, 3.05) is 7.05 Å². The molecule has 7 nitrogen and oxygen atoms in total. The van der Waals surface area contributed by atoms with E-state index >= 15 is 0 Å². The van der Waals surface area contributed by atoms with Crippen LogP contribution in [0.1, 0.15) is 50.3 Å². The summed E-state index contributed by atoms with van der Waals surface area (Å²) in [5, 5.41) is 20.3. The van der Waals surface area contributed by atoms with Gasteiger partial charge in [0.2, 0.25) is 0 Å². The SMILES string of the molecule is CC.CCC(=O)CCc1ccc2nc(-c3c(C)cccc3O)ccc2c1.CN=C(N)c1c(O)cncc1F. The second-order valence-electron chi connectivity index (χ2n) is 8.21. The third kappa shape index (κ3) is 7.59. The zero-order valence-corrected chi connectivity index (χ0v) is 22.5. The highest BCUT2D eigenvalue weighted by atomic mass is 19.1. The van der Waals surface area contributed by atoms with Crippen molar-refractivity contribution in [2.45, 2.75) is 47.0 Å². The van der Waals surface area contributed by atoms with Crippen LogP contribution in [0.5, 0.6) is 11.5 Å². The van der Waals surface area contributed by atoms with Crippen molar-refractivity contribution in [1.82, 2.24) is 9.97 Å². The van der Waals surface area contributed by atoms with Gasteiger partial charge in [0.25, 0.3) is 0 Å². The molecule has 2 aromatic heterocycles. The number of Topliss-reactive ketones (excluding diaryl/α,β-unsaturated/α-hetero) is 1. The maximum atomic E-state index is 12.9. The van der Waals surface area contributed by atoms with Gasteiger partial charge in [-0.2, -0.15) is 0 Å². The average molecular weight is 519 g/mol. The molecule has 2 aromatic carbocycles. The lowest BCUT2D eigenvalue weighted by Crippen LogP contribution is -2.15. The normalized spacial score (nSPS) is 10.7. The van der Waals surface area contributed by atoms with E-state index in [1.807, 2.05) is 64.1 Å². The highest BCUT2D eigenvalue weighted by molar-refractivity contribution is 5.99. The van der Waals surface area contributed by atoms with Crippen LogP contribution in [0.2, 0.25) is 0 Å². The van der Waals surface area contributed by atoms with Gasteiger partial charge in [-0.1, -0.05) is 45.0 Å². The number of amidine groups is 1. The van der Waals surface area contributed by atoms with Crippen LogP contribution < -0.4 is 5.73 Å². The molecule has 0 amide bonds. The number of benzene rings is 2. The minimum atomic E-state index is -0.682. The van der Waals surface area contributed by atoms with Gasteiger partial charge in [0.05, 0.1) is 29.2 Å². The number of nitrogens with zero attached hydrogens (tertiary/aromatic N) is 3. The summed E-state index contributed by atoms with van der Waals surface area (Å²) < 4.78 is 12.9. The van der Waals surface area contributed by atoms with Crippen LogP contribution in [0.4, 0.5) is 4.39 Å². The number of fused-ring (bicyclic) bond motifs is 1. The smallest absolute Gasteiger partial charge is 0.156 e. The van der Waals surface area contributed by atoms with E-state index in [-0.39, 0.29) is 22.9 Å². The first-order valence-electron chi connectivity index (χ1n) is 12.5. The zero-order chi connectivity index (χ0) is 28.2. The second-order valence-corrected chi connectivity index (χ2v) is 8.21. The van der Waals surface area contributed by atoms with Crippen molar-refractivity contribution in [3.05, 3.63) is 83.4 Å². The number of aryl methyl sites for hydroxylation is 2. The van der Waals surface area contributed by atoms with Crippen molar-refractivity contribution in [2.24, 2.45) is 10.7 Å². The fourth-order valence-corrected chi connectivity index (χ4v) is 3.71. The molecule has 0 fully saturated rings. The van der Waals surface area contributed by atoms with Gasteiger partial charge in [0, 0.05) is 30.8 Å². The Kier molecular flexibility index (Phi) is 11.3. The average Bonchev–Trinajstić information content (AvgIpc) is 2.92. The van der Waals surface area contributed by atoms with Gasteiger partial charge in [-0.3, -0.25) is 14.8 Å². The number of aromatic hydroxyl groups is 2. The Morgan fingerprint density at radius 2 is 1.79 bits per heavy atom. The number of aliphatic imine (C=N–C) groups is 1. The van der Waals surface area contributed by atoms with E-state index in [0.29, 0.717) is 18.6 Å². The zero-order valence-electron chi connectivity index (χ0n) is 22.5. The minimum absolute atomic E-state index is 0.0487. The Morgan fingerprint density at radius 1 is 1.05 bits per heavy atom. The highest BCUT2D eigenvalue weighted by Crippen LogP contribution is 2.32. The van der Waals surface area contributed by atoms with Crippen molar-refractivity contribution in [1.29, 1.82) is 0 Å². The molecule has 4 N–H and O–H groups in total. The lowest BCUT2D eigenvalue weighted by molar-refractivity contribution is -0.118. The number of ketones is 1. The molecule has 4 aromatic rings. The molecule has 2 heterocycles. The summed E-state index contributed by atoms with van der Waals surface area (Å²) in [5.74, 6) is -0.501. The van der Waals surface area contributed by atoms with Gasteiger partial charge in [0.1, 0.15) is 23.1 Å². The van der Waals surface area contributed by atoms with Gasteiger partial charge in [0.15, 0.2) is 5.82 Å². The van der Waals surface area contributed by atoms with E-state index < -0.39 is 5.82 Å². The number of phenols is 1. The number of pyridine rings is 2. The molecule has 0 radical (unpaired) electrons. The third-order valence-corrected chi connectivity index (χ3v) is 5.72. The molecule has 0 saturated heterocycles. The van der Waals surface area contributed by atoms with Crippen molar-refractivity contribution >= 4 is 22.5 Å². The number of rotatable bonds is 6. The van der Waals surface area contributed by atoms with Crippen LogP contribution in [0.15, 0.2) is 65.9 Å². The van der Waals surface area contributed by atoms with Gasteiger partial charge in [-0.25, -0.2) is 9.37 Å². The van der Waals surface area contributed by atoms with Crippen LogP contribution >= 0.6 is 0 Å². The molecule has 0 aliphatic heterocycles. The number of hydrogen-bond donors (Lipinski definition) is 3. The molecule has 0 saturated carbocycles. The molecular formula is C30H35FN4O3. The van der Waals surface area contributed by atoms with Gasteiger partial charge >= 0.3 is 0 Å². The van der Waals surface area contributed by atoms with Crippen LogP contribution in [-0.2, 0) is 11.2 Å². The number of halogens is 1. The van der Waals surface area contributed by atoms with E-state index in [9.17, 15) is 14.3 Å². The standard InChI is InChI=1S/C21H21NO2.C7H8FN3O.C2H6/c1-3-17(23)10-7-15-8-11-18-16(13-15)9-12-19(22-18)21-14(2)5-4-6-20(21)24;1-10-7(9)6-4(8)2-11-3-5(6)12;1-2/h4-6,8-9,11-13,24H,3,7,10H2,1-2H3;2-3,12H,1H3,(H2,9,10);1-2H3. The molecule has 0 atom stereocenters. The van der Waals surface area contributed by atoms with Gasteiger partial charge in [-0.15, -0.1) is 0 Å². The summed E-state index contributed by atoms with van der Waals surface area (Å²) in [4.78, 5) is 23.1. The Hall–Kier alpha value is -4.33. The molecule has 0 spiro atoms. The Labute approximate surface area is 222 Å². The third-order valence-electron chi connectivity index (χ3n) is 5.72. The number of hydrogen-bond acceptors (Lipinski definition) is 6. The number of carbonyl (C=O) groups excluding carboxylic acids is 1. The van der Waals surface area contributed by atoms with Crippen LogP contribution in [0.3, 0.4) is 0 Å². The first-order valence-corrected chi connectivity index (χ1v) is 12.5. The molecule has 8 heteroatoms. The van der Waals surface area contributed by atoms with E-state index in [1.54, 1.807) is 6.07 Å². The second kappa shape index (κ2) is 14.4. The van der Waals surface area contributed by atoms with Crippen LogP contribution in [0.25, 0.3) is 22.2 Å². The Balaban J connectivity index is 0.000000305. The molecular weight excluding hydrogens is 483 g/mol. The number of aromatic nitrogens is 2. The van der Waals surface area contributed by atoms with E-state index in [0.717, 1.165) is 52.1 Å². The van der Waals surface area contributed by atoms with Crippen molar-refractivity contribution in [3.63, 3.8) is 0 Å². The molecule has 4 rings (SSSR count). The fourth-order valence-electron chi connectivity index (χ4n) is 3.71. The quantitative estimate of drug-likeness (QED) is 0.209. The van der Waals surface area contributed by atoms with E-state index in [4.69, 9.17) is 15.8 Å². The van der Waals surface area contributed by atoms with Crippen molar-refractivity contribution in [3.8, 4) is 22.8 Å². The predicted octanol–water partition coefficient (Wildman–Crippen LogP) is 6.12. The van der Waals surface area contributed by atoms with Crippen LogP contribution in [0, 0.1) is 12.7 Å². The first kappa shape index (κ1) is 29.9. The summed E-state index contributed by atoms with van der Waals surface area (Å²) in [6.07, 6.45) is 4.02. The number of nitrogens with two attached hydrogens (primary N) is 1. The van der Waals surface area contributed by atoms with Gasteiger partial charge in [-0.05, 0) is 48.7 Å². The molecule has 0 bridgehead atoms. The molecule has 0 aliphatic carbocycles. The lowest BCUT2D eigenvalue weighted by atomic mass is 10.0. The Morgan fingerprint density at radius 3 is 2.42 bits per heavy atom. The van der Waals surface area contributed by atoms with Crippen molar-refractivity contribution < 1.29 is 19.4 Å². The highest BCUT2D eigenvalue weighted by Gasteiger charge is 2.11. The largest absolute Gasteiger partial charge is 0.507 e. The summed E-state index contributed by atoms with van der Waals surface area (Å²) in [6.45, 7) is 7.87. The van der Waals surface area contributed by atoms with E-state index in [2.05, 4.69) is 16.0 Å².